The minimum absolute atomic E-state index is 0.117. The third-order valence-electron chi connectivity index (χ3n) is 3.34. The third kappa shape index (κ3) is 6.27. The lowest BCUT2D eigenvalue weighted by Gasteiger charge is -2.23. The lowest BCUT2D eigenvalue weighted by molar-refractivity contribution is 0.523. The first-order valence-electron chi connectivity index (χ1n) is 7.71. The molecular weight excluding hydrogens is 364 g/mol. The van der Waals surface area contributed by atoms with Gasteiger partial charge in [0, 0.05) is 36.8 Å². The van der Waals surface area contributed by atoms with Gasteiger partial charge in [0.15, 0.2) is 5.96 Å². The van der Waals surface area contributed by atoms with Crippen molar-refractivity contribution in [3.63, 3.8) is 0 Å². The van der Waals surface area contributed by atoms with Crippen molar-refractivity contribution in [1.82, 2.24) is 14.9 Å². The predicted octanol–water partition coefficient (Wildman–Crippen LogP) is 2.20. The Morgan fingerprint density at radius 1 is 1.33 bits per heavy atom. The maximum Gasteiger partial charge on any atom is 0.252 e. The minimum Gasteiger partial charge on any atom is -0.357 e. The first-order chi connectivity index (χ1) is 11.1. The molecule has 0 saturated carbocycles. The molecule has 0 amide bonds. The molecule has 2 N–H and O–H groups in total. The molecule has 6 nitrogen and oxygen atoms in total. The van der Waals surface area contributed by atoms with Gasteiger partial charge in [0.1, 0.15) is 4.21 Å². The average molecular weight is 393 g/mol. The number of guanidine groups is 1. The highest BCUT2D eigenvalue weighted by molar-refractivity contribution is 7.99. The van der Waals surface area contributed by atoms with E-state index >= 15 is 0 Å². The van der Waals surface area contributed by atoms with E-state index in [4.69, 9.17) is 0 Å². The van der Waals surface area contributed by atoms with Crippen LogP contribution in [0.1, 0.15) is 25.6 Å². The summed E-state index contributed by atoms with van der Waals surface area (Å²) in [5.74, 6) is 0.741. The highest BCUT2D eigenvalue weighted by Gasteiger charge is 2.19. The number of thiophene rings is 1. The summed E-state index contributed by atoms with van der Waals surface area (Å²) in [6, 6.07) is 3.46. The fourth-order valence-corrected chi connectivity index (χ4v) is 4.29. The van der Waals surface area contributed by atoms with Gasteiger partial charge < -0.3 is 10.6 Å². The van der Waals surface area contributed by atoms with E-state index in [-0.39, 0.29) is 4.75 Å². The molecule has 0 spiro atoms. The highest BCUT2D eigenvalue weighted by atomic mass is 32.2. The van der Waals surface area contributed by atoms with Gasteiger partial charge in [-0.25, -0.2) is 17.7 Å². The molecule has 0 aliphatic heterocycles. The molecule has 0 saturated heterocycles. The Labute approximate surface area is 154 Å². The Morgan fingerprint density at radius 2 is 2.00 bits per heavy atom. The van der Waals surface area contributed by atoms with E-state index in [2.05, 4.69) is 35.7 Å². The van der Waals surface area contributed by atoms with Crippen molar-refractivity contribution in [3.8, 4) is 0 Å². The van der Waals surface area contributed by atoms with Crippen LogP contribution in [0.3, 0.4) is 0 Å². The van der Waals surface area contributed by atoms with Crippen LogP contribution in [-0.4, -0.2) is 56.9 Å². The first-order valence-corrected chi connectivity index (χ1v) is 11.2. The molecule has 0 aliphatic rings. The molecule has 0 bridgehead atoms. The monoisotopic (exact) mass is 392 g/mol. The molecule has 0 fully saturated rings. The molecule has 138 valence electrons. The molecule has 24 heavy (non-hydrogen) atoms. The lowest BCUT2D eigenvalue weighted by Crippen LogP contribution is -2.43. The maximum absolute atomic E-state index is 12.1. The smallest absolute Gasteiger partial charge is 0.252 e. The van der Waals surface area contributed by atoms with Gasteiger partial charge in [-0.1, -0.05) is 0 Å². The van der Waals surface area contributed by atoms with Crippen molar-refractivity contribution in [1.29, 1.82) is 0 Å². The molecule has 1 heterocycles. The molecule has 0 aliphatic carbocycles. The van der Waals surface area contributed by atoms with Gasteiger partial charge >= 0.3 is 0 Å². The number of nitrogens with zero attached hydrogens (tertiary/aromatic N) is 2. The van der Waals surface area contributed by atoms with Crippen LogP contribution in [0.4, 0.5) is 0 Å². The quantitative estimate of drug-likeness (QED) is 0.524. The van der Waals surface area contributed by atoms with E-state index in [1.54, 1.807) is 17.8 Å². The Bertz CT molecular complexity index is 651. The topological polar surface area (TPSA) is 73.8 Å². The van der Waals surface area contributed by atoms with Gasteiger partial charge in [-0.15, -0.1) is 11.3 Å². The van der Waals surface area contributed by atoms with Gasteiger partial charge in [-0.05, 0) is 39.2 Å². The number of rotatable bonds is 8. The van der Waals surface area contributed by atoms with Crippen molar-refractivity contribution in [3.05, 3.63) is 17.0 Å². The summed E-state index contributed by atoms with van der Waals surface area (Å²) < 4.78 is 25.9. The summed E-state index contributed by atoms with van der Waals surface area (Å²) >= 11 is 3.06. The summed E-state index contributed by atoms with van der Waals surface area (Å²) in [6.45, 7) is 8.38. The van der Waals surface area contributed by atoms with Gasteiger partial charge in [-0.3, -0.25) is 0 Å². The van der Waals surface area contributed by atoms with E-state index in [1.165, 1.54) is 29.7 Å². The molecule has 1 aromatic rings. The minimum atomic E-state index is -3.37. The van der Waals surface area contributed by atoms with Crippen molar-refractivity contribution < 1.29 is 8.42 Å². The summed E-state index contributed by atoms with van der Waals surface area (Å²) in [5.41, 5.74) is 0. The maximum atomic E-state index is 12.1. The average Bonchev–Trinajstić information content (AvgIpc) is 2.99. The zero-order chi connectivity index (χ0) is 18.4. The SMILES string of the molecule is CCNC(=NCc1ccc(S(=O)(=O)N(C)C)s1)NCC(C)(C)SC. The van der Waals surface area contributed by atoms with E-state index in [0.717, 1.165) is 23.9 Å². The Balaban J connectivity index is 2.79. The second kappa shape index (κ2) is 9.07. The molecule has 1 aromatic heterocycles. The molecule has 0 atom stereocenters. The molecule has 1 rings (SSSR count). The van der Waals surface area contributed by atoms with Gasteiger partial charge in [0.05, 0.1) is 6.54 Å². The van der Waals surface area contributed by atoms with Crippen molar-refractivity contribution in [2.24, 2.45) is 4.99 Å². The number of nitrogens with one attached hydrogen (secondary N) is 2. The van der Waals surface area contributed by atoms with Crippen LogP contribution < -0.4 is 10.6 Å². The molecule has 9 heteroatoms. The second-order valence-electron chi connectivity index (χ2n) is 6.02. The second-order valence-corrected chi connectivity index (χ2v) is 11.1. The molecule has 0 radical (unpaired) electrons. The highest BCUT2D eigenvalue weighted by Crippen LogP contribution is 2.24. The summed E-state index contributed by atoms with van der Waals surface area (Å²) in [5, 5.41) is 6.55. The van der Waals surface area contributed by atoms with Gasteiger partial charge in [-0.2, -0.15) is 11.8 Å². The zero-order valence-corrected chi connectivity index (χ0v) is 17.7. The van der Waals surface area contributed by atoms with Gasteiger partial charge in [0.2, 0.25) is 0 Å². The van der Waals surface area contributed by atoms with E-state index in [0.29, 0.717) is 10.8 Å². The van der Waals surface area contributed by atoms with Crippen LogP contribution in [0.25, 0.3) is 0 Å². The Morgan fingerprint density at radius 3 is 2.54 bits per heavy atom. The molecular formula is C15H28N4O2S3. The normalized spacial score (nSPS) is 13.4. The van der Waals surface area contributed by atoms with Crippen LogP contribution >= 0.6 is 23.1 Å². The fourth-order valence-electron chi connectivity index (χ4n) is 1.63. The predicted molar refractivity (Wildman–Crippen MR) is 106 cm³/mol. The van der Waals surface area contributed by atoms with Crippen molar-refractivity contribution >= 4 is 39.1 Å². The number of thioether (sulfide) groups is 1. The number of sulfonamides is 1. The lowest BCUT2D eigenvalue weighted by atomic mass is 10.2. The Hall–Kier alpha value is -0.770. The van der Waals surface area contributed by atoms with Crippen molar-refractivity contribution in [2.45, 2.75) is 36.3 Å². The van der Waals surface area contributed by atoms with E-state index in [9.17, 15) is 8.42 Å². The Kier molecular flexibility index (Phi) is 8.04. The standard InChI is InChI=1S/C15H28N4O2S3/c1-7-16-14(18-11-15(2,3)22-6)17-10-12-8-9-13(23-12)24(20,21)19(4)5/h8-9H,7,10-11H2,1-6H3,(H2,16,17,18). The van der Waals surface area contributed by atoms with E-state index < -0.39 is 10.0 Å². The summed E-state index contributed by atoms with van der Waals surface area (Å²) in [7, 11) is -0.298. The van der Waals surface area contributed by atoms with Gasteiger partial charge in [0.25, 0.3) is 10.0 Å². The molecule has 0 unspecified atom stereocenters. The summed E-state index contributed by atoms with van der Waals surface area (Å²) in [4.78, 5) is 5.46. The van der Waals surface area contributed by atoms with Crippen LogP contribution in [0.5, 0.6) is 0 Å². The van der Waals surface area contributed by atoms with Crippen LogP contribution in [0.2, 0.25) is 0 Å². The first kappa shape index (κ1) is 21.3. The van der Waals surface area contributed by atoms with E-state index in [1.807, 2.05) is 13.0 Å². The summed E-state index contributed by atoms with van der Waals surface area (Å²) in [6.07, 6.45) is 2.09. The fraction of sp³-hybridized carbons (Fsp3) is 0.667. The number of hydrogen-bond acceptors (Lipinski definition) is 5. The zero-order valence-electron chi connectivity index (χ0n) is 15.2. The number of hydrogen-bond donors (Lipinski definition) is 2. The van der Waals surface area contributed by atoms with Crippen LogP contribution in [-0.2, 0) is 16.6 Å². The number of aliphatic imine (C=N–C) groups is 1. The van der Waals surface area contributed by atoms with Crippen LogP contribution in [0, 0.1) is 0 Å². The van der Waals surface area contributed by atoms with Crippen molar-refractivity contribution in [2.75, 3.05) is 33.4 Å². The van der Waals surface area contributed by atoms with Crippen LogP contribution in [0.15, 0.2) is 21.3 Å². The molecule has 0 aromatic carbocycles. The largest absolute Gasteiger partial charge is 0.357 e. The third-order valence-corrected chi connectivity index (χ3v) is 7.95.